The summed E-state index contributed by atoms with van der Waals surface area (Å²) in [4.78, 5) is 19.5. The quantitative estimate of drug-likeness (QED) is 0.682. The molecule has 0 saturated carbocycles. The van der Waals surface area contributed by atoms with E-state index in [9.17, 15) is 4.79 Å². The van der Waals surface area contributed by atoms with E-state index >= 15 is 0 Å². The molecule has 0 spiro atoms. The number of ether oxygens (including phenoxy) is 1. The number of nitrogens with one attached hydrogen (secondary N) is 1. The molecule has 150 valence electrons. The highest BCUT2D eigenvalue weighted by Gasteiger charge is 2.36. The molecule has 5 nitrogen and oxygen atoms in total. The van der Waals surface area contributed by atoms with Crippen LogP contribution in [0.2, 0.25) is 5.02 Å². The molecule has 0 bridgehead atoms. The SMILES string of the molecule is CNC1CCCN(C(=O)C2Cc3cc(Cl)cc(-c4ccnc5ccsc45)c3O2)C1. The van der Waals surface area contributed by atoms with Gasteiger partial charge in [0.2, 0.25) is 0 Å². The van der Waals surface area contributed by atoms with Crippen LogP contribution in [0.1, 0.15) is 18.4 Å². The summed E-state index contributed by atoms with van der Waals surface area (Å²) in [6, 6.07) is 8.21. The molecule has 0 aliphatic carbocycles. The maximum Gasteiger partial charge on any atom is 0.264 e. The molecule has 1 fully saturated rings. The van der Waals surface area contributed by atoms with E-state index in [0.717, 1.165) is 58.6 Å². The first-order valence-electron chi connectivity index (χ1n) is 9.91. The second-order valence-corrected chi connectivity index (χ2v) is 9.01. The summed E-state index contributed by atoms with van der Waals surface area (Å²) in [6.45, 7) is 1.53. The summed E-state index contributed by atoms with van der Waals surface area (Å²) in [5, 5.41) is 5.99. The summed E-state index contributed by atoms with van der Waals surface area (Å²) in [5.41, 5.74) is 3.93. The van der Waals surface area contributed by atoms with Gasteiger partial charge in [-0.15, -0.1) is 11.3 Å². The summed E-state index contributed by atoms with van der Waals surface area (Å²) in [7, 11) is 1.95. The number of rotatable bonds is 3. The minimum absolute atomic E-state index is 0.0687. The third-order valence-corrected chi connectivity index (χ3v) is 7.00. The lowest BCUT2D eigenvalue weighted by Gasteiger charge is -2.33. The maximum absolute atomic E-state index is 13.2. The van der Waals surface area contributed by atoms with Crippen molar-refractivity contribution in [1.82, 2.24) is 15.2 Å². The number of pyridine rings is 1. The third kappa shape index (κ3) is 3.39. The second kappa shape index (κ2) is 7.59. The van der Waals surface area contributed by atoms with Crippen LogP contribution in [0.25, 0.3) is 21.3 Å². The first-order valence-corrected chi connectivity index (χ1v) is 11.2. The fourth-order valence-corrected chi connectivity index (χ4v) is 5.48. The van der Waals surface area contributed by atoms with Crippen LogP contribution < -0.4 is 10.1 Å². The summed E-state index contributed by atoms with van der Waals surface area (Å²) >= 11 is 8.10. The number of carbonyl (C=O) groups is 1. The molecule has 7 heteroatoms. The first kappa shape index (κ1) is 18.9. The van der Waals surface area contributed by atoms with Crippen LogP contribution >= 0.6 is 22.9 Å². The number of benzene rings is 1. The van der Waals surface area contributed by atoms with Crippen molar-refractivity contribution in [3.63, 3.8) is 0 Å². The molecule has 2 unspecified atom stereocenters. The second-order valence-electron chi connectivity index (χ2n) is 7.66. The average Bonchev–Trinajstić information content (AvgIpc) is 3.39. The zero-order valence-electron chi connectivity index (χ0n) is 16.2. The highest BCUT2D eigenvalue weighted by Crippen LogP contribution is 2.44. The molecule has 2 aliphatic heterocycles. The normalized spacial score (nSPS) is 21.2. The Bertz CT molecular complexity index is 1080. The Balaban J connectivity index is 1.47. The van der Waals surface area contributed by atoms with Crippen molar-refractivity contribution in [2.75, 3.05) is 20.1 Å². The predicted octanol–water partition coefficient (Wildman–Crippen LogP) is 4.13. The van der Waals surface area contributed by atoms with Crippen LogP contribution in [0.5, 0.6) is 5.75 Å². The lowest BCUT2D eigenvalue weighted by atomic mass is 10.00. The number of piperidine rings is 1. The predicted molar refractivity (Wildman–Crippen MR) is 117 cm³/mol. The van der Waals surface area contributed by atoms with Gasteiger partial charge in [-0.2, -0.15) is 0 Å². The Kier molecular flexibility index (Phi) is 4.94. The van der Waals surface area contributed by atoms with Crippen molar-refractivity contribution in [1.29, 1.82) is 0 Å². The Morgan fingerprint density at radius 1 is 1.34 bits per heavy atom. The molecule has 1 N–H and O–H groups in total. The van der Waals surface area contributed by atoms with E-state index in [1.165, 1.54) is 0 Å². The summed E-state index contributed by atoms with van der Waals surface area (Å²) < 4.78 is 7.37. The van der Waals surface area contributed by atoms with Crippen LogP contribution in [0, 0.1) is 0 Å². The Morgan fingerprint density at radius 3 is 3.10 bits per heavy atom. The number of hydrogen-bond donors (Lipinski definition) is 1. The van der Waals surface area contributed by atoms with Crippen molar-refractivity contribution in [3.8, 4) is 16.9 Å². The van der Waals surface area contributed by atoms with E-state index in [1.54, 1.807) is 17.5 Å². The van der Waals surface area contributed by atoms with Gasteiger partial charge in [-0.25, -0.2) is 0 Å². The van der Waals surface area contributed by atoms with E-state index in [-0.39, 0.29) is 5.91 Å². The molecule has 2 atom stereocenters. The highest BCUT2D eigenvalue weighted by atomic mass is 35.5. The Labute approximate surface area is 178 Å². The summed E-state index contributed by atoms with van der Waals surface area (Å²) in [5.74, 6) is 0.843. The standard InChI is InChI=1S/C22H22ClN3O2S/c1-24-15-3-2-7-26(12-15)22(27)19-10-13-9-14(23)11-17(20(13)28-19)16-4-6-25-18-5-8-29-21(16)18/h4-6,8-9,11,15,19,24H,2-3,7,10,12H2,1H3. The molecule has 29 heavy (non-hydrogen) atoms. The van der Waals surface area contributed by atoms with E-state index in [0.29, 0.717) is 17.5 Å². The van der Waals surface area contributed by atoms with Gasteiger partial charge in [0.15, 0.2) is 6.10 Å². The third-order valence-electron chi connectivity index (χ3n) is 5.85. The molecule has 1 amide bonds. The van der Waals surface area contributed by atoms with Gasteiger partial charge in [-0.1, -0.05) is 11.6 Å². The van der Waals surface area contributed by atoms with Gasteiger partial charge in [0, 0.05) is 53.5 Å². The molecule has 3 aromatic rings. The molecule has 2 aliphatic rings. The number of thiophene rings is 1. The lowest BCUT2D eigenvalue weighted by molar-refractivity contribution is -0.139. The smallest absolute Gasteiger partial charge is 0.264 e. The number of likely N-dealkylation sites (N-methyl/N-ethyl adjacent to an activating group) is 1. The number of hydrogen-bond acceptors (Lipinski definition) is 5. The largest absolute Gasteiger partial charge is 0.479 e. The van der Waals surface area contributed by atoms with E-state index in [1.807, 2.05) is 41.6 Å². The summed E-state index contributed by atoms with van der Waals surface area (Å²) in [6.07, 6.45) is 3.99. The van der Waals surface area contributed by atoms with Crippen LogP contribution in [-0.4, -0.2) is 48.1 Å². The number of nitrogens with zero attached hydrogens (tertiary/aromatic N) is 2. The number of fused-ring (bicyclic) bond motifs is 2. The van der Waals surface area contributed by atoms with Crippen molar-refractivity contribution < 1.29 is 9.53 Å². The van der Waals surface area contributed by atoms with Crippen LogP contribution in [0.15, 0.2) is 35.8 Å². The fourth-order valence-electron chi connectivity index (χ4n) is 4.36. The molecule has 1 saturated heterocycles. The zero-order chi connectivity index (χ0) is 20.0. The average molecular weight is 428 g/mol. The van der Waals surface area contributed by atoms with E-state index in [4.69, 9.17) is 16.3 Å². The fraction of sp³-hybridized carbons (Fsp3) is 0.364. The number of amides is 1. The molecular formula is C22H22ClN3O2S. The van der Waals surface area contributed by atoms with Crippen molar-refractivity contribution in [2.24, 2.45) is 0 Å². The first-order chi connectivity index (χ1) is 14.1. The number of likely N-dealkylation sites (tertiary alicyclic amines) is 1. The van der Waals surface area contributed by atoms with E-state index in [2.05, 4.69) is 10.3 Å². The van der Waals surface area contributed by atoms with Crippen molar-refractivity contribution in [2.45, 2.75) is 31.4 Å². The van der Waals surface area contributed by atoms with Gasteiger partial charge < -0.3 is 15.0 Å². The van der Waals surface area contributed by atoms with E-state index < -0.39 is 6.10 Å². The Morgan fingerprint density at radius 2 is 2.24 bits per heavy atom. The topological polar surface area (TPSA) is 54.5 Å². The Hall–Kier alpha value is -2.15. The van der Waals surface area contributed by atoms with Crippen LogP contribution in [0.4, 0.5) is 0 Å². The van der Waals surface area contributed by atoms with Gasteiger partial charge in [-0.3, -0.25) is 9.78 Å². The molecule has 2 aromatic heterocycles. The van der Waals surface area contributed by atoms with Gasteiger partial charge in [0.05, 0.1) is 10.2 Å². The van der Waals surface area contributed by atoms with Crippen LogP contribution in [0.3, 0.4) is 0 Å². The molecule has 5 rings (SSSR count). The number of carbonyl (C=O) groups excluding carboxylic acids is 1. The molecule has 1 aromatic carbocycles. The zero-order valence-corrected chi connectivity index (χ0v) is 17.7. The monoisotopic (exact) mass is 427 g/mol. The van der Waals surface area contributed by atoms with Crippen LogP contribution in [-0.2, 0) is 11.2 Å². The van der Waals surface area contributed by atoms with Crippen molar-refractivity contribution in [3.05, 3.63) is 46.4 Å². The van der Waals surface area contributed by atoms with Gasteiger partial charge in [-0.05, 0) is 49.5 Å². The van der Waals surface area contributed by atoms with Gasteiger partial charge in [0.25, 0.3) is 5.91 Å². The minimum atomic E-state index is -0.488. The highest BCUT2D eigenvalue weighted by molar-refractivity contribution is 7.17. The van der Waals surface area contributed by atoms with Gasteiger partial charge in [0.1, 0.15) is 5.75 Å². The molecular weight excluding hydrogens is 406 g/mol. The van der Waals surface area contributed by atoms with Gasteiger partial charge >= 0.3 is 0 Å². The number of aromatic nitrogens is 1. The lowest BCUT2D eigenvalue weighted by Crippen LogP contribution is -2.50. The molecule has 4 heterocycles. The number of halogens is 1. The minimum Gasteiger partial charge on any atom is -0.479 e. The van der Waals surface area contributed by atoms with Crippen molar-refractivity contribution >= 4 is 39.1 Å². The molecule has 0 radical (unpaired) electrons. The maximum atomic E-state index is 13.2.